The highest BCUT2D eigenvalue weighted by Crippen LogP contribution is 2.23. The molecule has 1 amide bonds. The standard InChI is InChI=1S/C20H23ClN4O3/c1-13-18(19(26)23-20(2,3)12-28-22)17-10-15(8-9-25(17)24-13)27-11-14-6-4-5-7-16(14)21/h4-10H,11-12,22H2,1-3H3,(H,23,26). The van der Waals surface area contributed by atoms with Gasteiger partial charge in [0.05, 0.1) is 28.9 Å². The number of benzene rings is 1. The first-order valence-corrected chi connectivity index (χ1v) is 9.18. The summed E-state index contributed by atoms with van der Waals surface area (Å²) >= 11 is 6.18. The van der Waals surface area contributed by atoms with Crippen molar-refractivity contribution in [1.29, 1.82) is 0 Å². The molecule has 0 bridgehead atoms. The predicted octanol–water partition coefficient (Wildman–Crippen LogP) is 3.27. The predicted molar refractivity (Wildman–Crippen MR) is 107 cm³/mol. The van der Waals surface area contributed by atoms with Crippen molar-refractivity contribution in [3.8, 4) is 5.75 Å². The minimum Gasteiger partial charge on any atom is -0.489 e. The van der Waals surface area contributed by atoms with Crippen LogP contribution < -0.4 is 16.0 Å². The van der Waals surface area contributed by atoms with Gasteiger partial charge in [0, 0.05) is 22.8 Å². The van der Waals surface area contributed by atoms with Crippen molar-refractivity contribution in [3.63, 3.8) is 0 Å². The Balaban J connectivity index is 1.86. The van der Waals surface area contributed by atoms with Crippen molar-refractivity contribution in [2.75, 3.05) is 6.61 Å². The quantitative estimate of drug-likeness (QED) is 0.592. The van der Waals surface area contributed by atoms with Crippen LogP contribution in [-0.2, 0) is 11.4 Å². The molecular weight excluding hydrogens is 380 g/mol. The third-order valence-corrected chi connectivity index (χ3v) is 4.63. The van der Waals surface area contributed by atoms with Gasteiger partial charge in [0.15, 0.2) is 0 Å². The van der Waals surface area contributed by atoms with E-state index in [1.165, 1.54) is 0 Å². The van der Waals surface area contributed by atoms with Crippen LogP contribution in [-0.4, -0.2) is 27.7 Å². The lowest BCUT2D eigenvalue weighted by Gasteiger charge is -2.24. The van der Waals surface area contributed by atoms with Crippen molar-refractivity contribution < 1.29 is 14.4 Å². The molecule has 0 aliphatic carbocycles. The van der Waals surface area contributed by atoms with Gasteiger partial charge in [-0.1, -0.05) is 29.8 Å². The number of amides is 1. The Kier molecular flexibility index (Phi) is 5.88. The van der Waals surface area contributed by atoms with Crippen LogP contribution in [0.15, 0.2) is 42.6 Å². The molecule has 2 aromatic heterocycles. The van der Waals surface area contributed by atoms with Gasteiger partial charge in [-0.15, -0.1) is 0 Å². The molecule has 28 heavy (non-hydrogen) atoms. The van der Waals surface area contributed by atoms with E-state index in [2.05, 4.69) is 15.3 Å². The third-order valence-electron chi connectivity index (χ3n) is 4.26. The molecule has 0 spiro atoms. The minimum absolute atomic E-state index is 0.184. The molecule has 0 saturated heterocycles. The molecule has 7 nitrogen and oxygen atoms in total. The van der Waals surface area contributed by atoms with E-state index in [9.17, 15) is 4.79 Å². The fraction of sp³-hybridized carbons (Fsp3) is 0.300. The van der Waals surface area contributed by atoms with Crippen LogP contribution in [0.25, 0.3) is 5.52 Å². The van der Waals surface area contributed by atoms with Crippen LogP contribution in [0.5, 0.6) is 5.75 Å². The fourth-order valence-electron chi connectivity index (χ4n) is 2.91. The molecule has 0 aliphatic rings. The zero-order valence-electron chi connectivity index (χ0n) is 16.0. The smallest absolute Gasteiger partial charge is 0.255 e. The Morgan fingerprint density at radius 1 is 1.32 bits per heavy atom. The number of aryl methyl sites for hydroxylation is 1. The molecule has 3 N–H and O–H groups in total. The Bertz CT molecular complexity index is 1000. The van der Waals surface area contributed by atoms with Crippen LogP contribution in [0.4, 0.5) is 0 Å². The highest BCUT2D eigenvalue weighted by atomic mass is 35.5. The summed E-state index contributed by atoms with van der Waals surface area (Å²) < 4.78 is 7.52. The number of hydrogen-bond donors (Lipinski definition) is 2. The van der Waals surface area contributed by atoms with Gasteiger partial charge in [-0.25, -0.2) is 10.4 Å². The molecule has 0 aliphatic heterocycles. The highest BCUT2D eigenvalue weighted by Gasteiger charge is 2.25. The van der Waals surface area contributed by atoms with E-state index < -0.39 is 5.54 Å². The highest BCUT2D eigenvalue weighted by molar-refractivity contribution is 6.31. The summed E-state index contributed by atoms with van der Waals surface area (Å²) in [5.74, 6) is 5.51. The van der Waals surface area contributed by atoms with Crippen molar-refractivity contribution in [3.05, 3.63) is 64.4 Å². The van der Waals surface area contributed by atoms with Crippen molar-refractivity contribution >= 4 is 23.0 Å². The molecular formula is C20H23ClN4O3. The van der Waals surface area contributed by atoms with Crippen LogP contribution in [0.1, 0.15) is 35.5 Å². The average Bonchev–Trinajstić information content (AvgIpc) is 2.95. The number of hydrogen-bond acceptors (Lipinski definition) is 5. The van der Waals surface area contributed by atoms with E-state index in [4.69, 9.17) is 22.2 Å². The maximum Gasteiger partial charge on any atom is 0.255 e. The van der Waals surface area contributed by atoms with Crippen LogP contribution >= 0.6 is 11.6 Å². The lowest BCUT2D eigenvalue weighted by molar-refractivity contribution is 0.0688. The fourth-order valence-corrected chi connectivity index (χ4v) is 3.10. The number of halogens is 1. The topological polar surface area (TPSA) is 90.9 Å². The van der Waals surface area contributed by atoms with Gasteiger partial charge in [-0.2, -0.15) is 5.10 Å². The zero-order valence-corrected chi connectivity index (χ0v) is 16.8. The van der Waals surface area contributed by atoms with E-state index in [1.807, 2.05) is 38.1 Å². The number of pyridine rings is 1. The van der Waals surface area contributed by atoms with E-state index in [0.29, 0.717) is 34.2 Å². The lowest BCUT2D eigenvalue weighted by atomic mass is 10.1. The number of carbonyl (C=O) groups excluding carboxylic acids is 1. The largest absolute Gasteiger partial charge is 0.489 e. The van der Waals surface area contributed by atoms with Gasteiger partial charge in [-0.05, 0) is 32.9 Å². The number of carbonyl (C=O) groups is 1. The third kappa shape index (κ3) is 4.44. The summed E-state index contributed by atoms with van der Waals surface area (Å²) in [4.78, 5) is 17.5. The van der Waals surface area contributed by atoms with Crippen LogP contribution in [0, 0.1) is 6.92 Å². The monoisotopic (exact) mass is 402 g/mol. The molecule has 0 unspecified atom stereocenters. The normalized spacial score (nSPS) is 11.6. The minimum atomic E-state index is -0.620. The van der Waals surface area contributed by atoms with Crippen LogP contribution in [0.3, 0.4) is 0 Å². The molecule has 1 aromatic carbocycles. The summed E-state index contributed by atoms with van der Waals surface area (Å²) in [7, 11) is 0. The molecule has 148 valence electrons. The van der Waals surface area contributed by atoms with Crippen molar-refractivity contribution in [2.45, 2.75) is 32.9 Å². The first-order chi connectivity index (χ1) is 13.3. The van der Waals surface area contributed by atoms with Gasteiger partial charge < -0.3 is 14.9 Å². The van der Waals surface area contributed by atoms with E-state index in [0.717, 1.165) is 5.56 Å². The SMILES string of the molecule is Cc1nn2ccc(OCc3ccccc3Cl)cc2c1C(=O)NC(C)(C)CON. The first kappa shape index (κ1) is 20.1. The van der Waals surface area contributed by atoms with E-state index in [1.54, 1.807) is 29.8 Å². The molecule has 3 rings (SSSR count). The van der Waals surface area contributed by atoms with Gasteiger partial charge >= 0.3 is 0 Å². The summed E-state index contributed by atoms with van der Waals surface area (Å²) in [6.45, 7) is 5.96. The molecule has 0 fully saturated rings. The van der Waals surface area contributed by atoms with Gasteiger partial charge in [-0.3, -0.25) is 4.79 Å². The Morgan fingerprint density at radius 2 is 2.07 bits per heavy atom. The van der Waals surface area contributed by atoms with E-state index >= 15 is 0 Å². The lowest BCUT2D eigenvalue weighted by Crippen LogP contribution is -2.47. The zero-order chi connectivity index (χ0) is 20.3. The molecule has 3 aromatic rings. The maximum absolute atomic E-state index is 12.8. The van der Waals surface area contributed by atoms with Gasteiger partial charge in [0.2, 0.25) is 0 Å². The molecule has 0 saturated carbocycles. The Hall–Kier alpha value is -2.61. The van der Waals surface area contributed by atoms with Crippen LogP contribution in [0.2, 0.25) is 5.02 Å². The summed E-state index contributed by atoms with van der Waals surface area (Å²) in [6, 6.07) is 11.1. The second-order valence-corrected chi connectivity index (χ2v) is 7.59. The van der Waals surface area contributed by atoms with Crippen molar-refractivity contribution in [2.24, 2.45) is 5.90 Å². The first-order valence-electron chi connectivity index (χ1n) is 8.80. The average molecular weight is 403 g/mol. The number of rotatable bonds is 7. The number of fused-ring (bicyclic) bond motifs is 1. The molecule has 2 heterocycles. The number of aromatic nitrogens is 2. The van der Waals surface area contributed by atoms with Gasteiger partial charge in [0.25, 0.3) is 5.91 Å². The van der Waals surface area contributed by atoms with Crippen molar-refractivity contribution in [1.82, 2.24) is 14.9 Å². The summed E-state index contributed by atoms with van der Waals surface area (Å²) in [5.41, 5.74) is 2.01. The molecule has 0 radical (unpaired) electrons. The number of nitrogens with one attached hydrogen (secondary N) is 1. The Labute approximate surface area is 168 Å². The second kappa shape index (κ2) is 8.18. The Morgan fingerprint density at radius 3 is 2.79 bits per heavy atom. The number of ether oxygens (including phenoxy) is 1. The molecule has 0 atom stereocenters. The number of nitrogens with two attached hydrogens (primary N) is 1. The second-order valence-electron chi connectivity index (χ2n) is 7.18. The molecule has 8 heteroatoms. The maximum atomic E-state index is 12.8. The van der Waals surface area contributed by atoms with Gasteiger partial charge in [0.1, 0.15) is 12.4 Å². The van der Waals surface area contributed by atoms with E-state index in [-0.39, 0.29) is 12.5 Å². The summed E-state index contributed by atoms with van der Waals surface area (Å²) in [5, 5.41) is 7.98. The summed E-state index contributed by atoms with van der Waals surface area (Å²) in [6.07, 6.45) is 1.76. The number of nitrogens with zero attached hydrogens (tertiary/aromatic N) is 2.